The fraction of sp³-hybridized carbons (Fsp3) is 0.267. The molecule has 0 amide bonds. The first-order valence-corrected chi connectivity index (χ1v) is 13.8. The number of methoxy groups -OCH3 is 1. The summed E-state index contributed by atoms with van der Waals surface area (Å²) < 4.78 is 55.3. The summed E-state index contributed by atoms with van der Waals surface area (Å²) in [6.45, 7) is 0.881. The SMILES string of the molecule is COc1ncnc(C2CC2)c1-c1ncc2c3ccncc3n(Cc3ccc4c(c3)OCCn3cc(C(F)(F)F)nc3-4)c2n1. The van der Waals surface area contributed by atoms with Crippen molar-refractivity contribution in [2.24, 2.45) is 0 Å². The molecule has 1 aromatic carbocycles. The van der Waals surface area contributed by atoms with Crippen molar-refractivity contribution in [3.8, 4) is 34.4 Å². The maximum absolute atomic E-state index is 13.4. The van der Waals surface area contributed by atoms with Crippen LogP contribution in [0.15, 0.2) is 55.4 Å². The Hall–Kier alpha value is -5.07. The van der Waals surface area contributed by atoms with Gasteiger partial charge in [-0.25, -0.2) is 24.9 Å². The van der Waals surface area contributed by atoms with Crippen LogP contribution in [-0.2, 0) is 19.3 Å². The van der Waals surface area contributed by atoms with E-state index >= 15 is 0 Å². The number of benzene rings is 1. The predicted octanol–water partition coefficient (Wildman–Crippen LogP) is 5.65. The zero-order chi connectivity index (χ0) is 29.3. The van der Waals surface area contributed by atoms with E-state index in [1.54, 1.807) is 31.8 Å². The van der Waals surface area contributed by atoms with Crippen molar-refractivity contribution in [2.75, 3.05) is 13.7 Å². The molecule has 0 N–H and O–H groups in total. The Kier molecular flexibility index (Phi) is 5.65. The van der Waals surface area contributed by atoms with Crippen molar-refractivity contribution in [3.05, 3.63) is 72.3 Å². The van der Waals surface area contributed by atoms with Gasteiger partial charge < -0.3 is 18.6 Å². The zero-order valence-electron chi connectivity index (χ0n) is 22.8. The lowest BCUT2D eigenvalue weighted by atomic mass is 10.1. The van der Waals surface area contributed by atoms with Gasteiger partial charge in [0.1, 0.15) is 35.7 Å². The summed E-state index contributed by atoms with van der Waals surface area (Å²) in [5.74, 6) is 1.93. The van der Waals surface area contributed by atoms with Gasteiger partial charge >= 0.3 is 6.18 Å². The van der Waals surface area contributed by atoms with Gasteiger partial charge in [0.2, 0.25) is 5.88 Å². The van der Waals surface area contributed by atoms with E-state index in [0.717, 1.165) is 46.6 Å². The van der Waals surface area contributed by atoms with E-state index in [4.69, 9.17) is 19.4 Å². The number of aromatic nitrogens is 8. The summed E-state index contributed by atoms with van der Waals surface area (Å²) in [7, 11) is 1.57. The van der Waals surface area contributed by atoms with Crippen LogP contribution in [-0.4, -0.2) is 52.8 Å². The number of hydrogen-bond donors (Lipinski definition) is 0. The third-order valence-electron chi connectivity index (χ3n) is 7.91. The minimum atomic E-state index is -4.53. The van der Waals surface area contributed by atoms with Crippen molar-refractivity contribution in [1.82, 2.24) is 39.0 Å². The van der Waals surface area contributed by atoms with Crippen LogP contribution >= 0.6 is 0 Å². The summed E-state index contributed by atoms with van der Waals surface area (Å²) in [4.78, 5) is 26.9. The molecule has 2 aliphatic rings. The topological polar surface area (TPSA) is 106 Å². The minimum absolute atomic E-state index is 0.220. The van der Waals surface area contributed by atoms with Crippen LogP contribution in [0, 0.1) is 0 Å². The molecule has 1 fully saturated rings. The second kappa shape index (κ2) is 9.48. The largest absolute Gasteiger partial charge is 0.491 e. The number of rotatable bonds is 5. The lowest BCUT2D eigenvalue weighted by Gasteiger charge is -2.13. The lowest BCUT2D eigenvalue weighted by Crippen LogP contribution is -2.07. The molecule has 5 aromatic heterocycles. The Morgan fingerprint density at radius 1 is 1.05 bits per heavy atom. The van der Waals surface area contributed by atoms with Crippen molar-refractivity contribution < 1.29 is 22.6 Å². The molecule has 43 heavy (non-hydrogen) atoms. The Balaban J connectivity index is 1.24. The monoisotopic (exact) mass is 584 g/mol. The number of pyridine rings is 1. The van der Waals surface area contributed by atoms with Crippen molar-refractivity contribution >= 4 is 21.9 Å². The van der Waals surface area contributed by atoms with E-state index in [0.29, 0.717) is 46.7 Å². The van der Waals surface area contributed by atoms with E-state index in [1.807, 2.05) is 18.2 Å². The predicted molar refractivity (Wildman–Crippen MR) is 150 cm³/mol. The number of alkyl halides is 3. The van der Waals surface area contributed by atoms with Crippen molar-refractivity contribution in [3.63, 3.8) is 0 Å². The third-order valence-corrected chi connectivity index (χ3v) is 7.91. The molecular formula is C30H23F3N8O2. The highest BCUT2D eigenvalue weighted by Crippen LogP contribution is 2.45. The Morgan fingerprint density at radius 2 is 1.93 bits per heavy atom. The van der Waals surface area contributed by atoms with Crippen LogP contribution in [0.25, 0.3) is 44.7 Å². The molecule has 13 heteroatoms. The number of nitrogens with zero attached hydrogens (tertiary/aromatic N) is 8. The number of fused-ring (bicyclic) bond motifs is 6. The fourth-order valence-corrected chi connectivity index (χ4v) is 5.75. The fourth-order valence-electron chi connectivity index (χ4n) is 5.75. The van der Waals surface area contributed by atoms with Gasteiger partial charge in [-0.2, -0.15) is 13.2 Å². The van der Waals surface area contributed by atoms with Crippen LogP contribution in [0.2, 0.25) is 0 Å². The molecule has 6 aromatic rings. The van der Waals surface area contributed by atoms with Crippen LogP contribution in [0.1, 0.15) is 35.7 Å². The van der Waals surface area contributed by atoms with Crippen molar-refractivity contribution in [1.29, 1.82) is 0 Å². The van der Waals surface area contributed by atoms with Crippen molar-refractivity contribution in [2.45, 2.75) is 38.0 Å². The highest BCUT2D eigenvalue weighted by molar-refractivity contribution is 6.06. The van der Waals surface area contributed by atoms with Gasteiger partial charge in [-0.1, -0.05) is 6.07 Å². The van der Waals surface area contributed by atoms with Crippen LogP contribution in [0.5, 0.6) is 11.6 Å². The van der Waals surface area contributed by atoms with Gasteiger partial charge in [0.25, 0.3) is 0 Å². The molecule has 8 rings (SSSR count). The first-order chi connectivity index (χ1) is 20.9. The smallest absolute Gasteiger partial charge is 0.434 e. The quantitative estimate of drug-likeness (QED) is 0.256. The maximum atomic E-state index is 13.4. The molecule has 0 saturated heterocycles. The number of halogens is 3. The van der Waals surface area contributed by atoms with Gasteiger partial charge in [-0.15, -0.1) is 0 Å². The van der Waals surface area contributed by atoms with E-state index in [-0.39, 0.29) is 19.0 Å². The van der Waals surface area contributed by atoms with E-state index in [9.17, 15) is 13.2 Å². The molecule has 0 atom stereocenters. The summed E-state index contributed by atoms with van der Waals surface area (Å²) in [6.07, 6.45) is 5.41. The van der Waals surface area contributed by atoms with E-state index in [2.05, 4.69) is 24.5 Å². The highest BCUT2D eigenvalue weighted by Gasteiger charge is 2.36. The van der Waals surface area contributed by atoms with Gasteiger partial charge in [0.05, 0.1) is 36.6 Å². The standard InChI is InChI=1S/C30H23F3N8O2/c1-42-29-24(25(17-3-4-17)36-15-37-29)26-35-11-20-18-6-7-34-12-21(18)41(28(20)39-26)13-16-2-5-19-22(10-16)43-9-8-40-14-23(30(31,32)33)38-27(19)40/h2,5-7,10-12,14-15,17H,3-4,8-9,13H2,1H3. The molecule has 0 bridgehead atoms. The molecule has 1 saturated carbocycles. The molecule has 10 nitrogen and oxygen atoms in total. The third kappa shape index (κ3) is 4.25. The normalized spacial score (nSPS) is 14.8. The number of ether oxygens (including phenoxy) is 2. The molecule has 1 aliphatic heterocycles. The van der Waals surface area contributed by atoms with Crippen LogP contribution in [0.3, 0.4) is 0 Å². The first kappa shape index (κ1) is 25.6. The summed E-state index contributed by atoms with van der Waals surface area (Å²) in [6, 6.07) is 7.41. The second-order valence-corrected chi connectivity index (χ2v) is 10.6. The molecule has 0 unspecified atom stereocenters. The van der Waals surface area contributed by atoms with E-state index < -0.39 is 11.9 Å². The van der Waals surface area contributed by atoms with E-state index in [1.165, 1.54) is 10.9 Å². The van der Waals surface area contributed by atoms with Gasteiger partial charge in [0, 0.05) is 41.8 Å². The lowest BCUT2D eigenvalue weighted by molar-refractivity contribution is -0.140. The van der Waals surface area contributed by atoms with Crippen LogP contribution < -0.4 is 9.47 Å². The van der Waals surface area contributed by atoms with Gasteiger partial charge in [0.15, 0.2) is 11.5 Å². The molecule has 6 heterocycles. The summed E-state index contributed by atoms with van der Waals surface area (Å²) in [5.41, 5.74) is 3.59. The number of imidazole rings is 1. The molecule has 1 aliphatic carbocycles. The molecule has 216 valence electrons. The highest BCUT2D eigenvalue weighted by atomic mass is 19.4. The molecule has 0 radical (unpaired) electrons. The zero-order valence-corrected chi connectivity index (χ0v) is 22.8. The van der Waals surface area contributed by atoms with Gasteiger partial charge in [-0.05, 0) is 36.6 Å². The second-order valence-electron chi connectivity index (χ2n) is 10.6. The number of hydrogen-bond acceptors (Lipinski definition) is 8. The van der Waals surface area contributed by atoms with Gasteiger partial charge in [-0.3, -0.25) is 4.98 Å². The minimum Gasteiger partial charge on any atom is -0.491 e. The van der Waals surface area contributed by atoms with Crippen LogP contribution in [0.4, 0.5) is 13.2 Å². The average Bonchev–Trinajstić information content (AvgIpc) is 3.74. The Morgan fingerprint density at radius 3 is 2.74 bits per heavy atom. The first-order valence-electron chi connectivity index (χ1n) is 13.8. The average molecular weight is 585 g/mol. The molecular weight excluding hydrogens is 561 g/mol. The Bertz CT molecular complexity index is 2050. The maximum Gasteiger partial charge on any atom is 0.434 e. The summed E-state index contributed by atoms with van der Waals surface area (Å²) in [5, 5.41) is 1.81. The summed E-state index contributed by atoms with van der Waals surface area (Å²) >= 11 is 0. The molecule has 0 spiro atoms. The Labute approximate surface area is 242 Å².